The Kier molecular flexibility index (Phi) is 2.88. The fraction of sp³-hybridized carbons (Fsp3) is 0.188. The molecule has 4 rings (SSSR count). The van der Waals surface area contributed by atoms with Crippen LogP contribution >= 0.6 is 0 Å². The second kappa shape index (κ2) is 5.01. The van der Waals surface area contributed by atoms with Gasteiger partial charge in [-0.2, -0.15) is 5.10 Å². The number of aromatic nitrogens is 2. The van der Waals surface area contributed by atoms with Crippen molar-refractivity contribution < 1.29 is 9.47 Å². The lowest BCUT2D eigenvalue weighted by molar-refractivity contribution is 0.171. The molecule has 0 saturated carbocycles. The second-order valence-electron chi connectivity index (χ2n) is 5.00. The molecule has 106 valence electrons. The first-order chi connectivity index (χ1) is 10.4. The number of nitrogens with zero attached hydrogens (tertiary/aromatic N) is 1. The highest BCUT2D eigenvalue weighted by Gasteiger charge is 2.11. The molecule has 0 radical (unpaired) electrons. The topological polar surface area (TPSA) is 59.2 Å². The lowest BCUT2D eigenvalue weighted by Crippen LogP contribution is -2.15. The quantitative estimate of drug-likeness (QED) is 0.775. The van der Waals surface area contributed by atoms with Gasteiger partial charge >= 0.3 is 0 Å². The van der Waals surface area contributed by atoms with Crippen molar-refractivity contribution in [1.82, 2.24) is 10.2 Å². The summed E-state index contributed by atoms with van der Waals surface area (Å²) in [7, 11) is 0. The fourth-order valence-electron chi connectivity index (χ4n) is 2.45. The van der Waals surface area contributed by atoms with Crippen molar-refractivity contribution >= 4 is 16.6 Å². The van der Waals surface area contributed by atoms with Crippen molar-refractivity contribution in [1.29, 1.82) is 0 Å². The smallest absolute Gasteiger partial charge is 0.161 e. The van der Waals surface area contributed by atoms with Gasteiger partial charge in [-0.3, -0.25) is 5.10 Å². The Bertz CT molecular complexity index is 782. The molecule has 1 aliphatic rings. The van der Waals surface area contributed by atoms with Gasteiger partial charge in [-0.1, -0.05) is 6.07 Å². The van der Waals surface area contributed by atoms with Crippen molar-refractivity contribution in [2.45, 2.75) is 6.54 Å². The molecule has 0 spiro atoms. The van der Waals surface area contributed by atoms with E-state index in [1.807, 2.05) is 30.5 Å². The van der Waals surface area contributed by atoms with Gasteiger partial charge in [0, 0.05) is 17.6 Å². The van der Waals surface area contributed by atoms with Crippen LogP contribution in [0.2, 0.25) is 0 Å². The van der Waals surface area contributed by atoms with Crippen LogP contribution in [0.4, 0.5) is 5.69 Å². The fourth-order valence-corrected chi connectivity index (χ4v) is 2.45. The van der Waals surface area contributed by atoms with Gasteiger partial charge in [-0.25, -0.2) is 0 Å². The minimum atomic E-state index is 0.612. The molecule has 0 amide bonds. The molecule has 21 heavy (non-hydrogen) atoms. The van der Waals surface area contributed by atoms with Crippen molar-refractivity contribution in [3.8, 4) is 11.5 Å². The van der Waals surface area contributed by atoms with E-state index in [0.717, 1.165) is 40.2 Å². The number of ether oxygens (including phenoxy) is 2. The summed E-state index contributed by atoms with van der Waals surface area (Å²) >= 11 is 0. The van der Waals surface area contributed by atoms with Crippen LogP contribution in [0.3, 0.4) is 0 Å². The van der Waals surface area contributed by atoms with Gasteiger partial charge in [0.05, 0.1) is 11.7 Å². The summed E-state index contributed by atoms with van der Waals surface area (Å²) in [6.07, 6.45) is 1.82. The van der Waals surface area contributed by atoms with Crippen LogP contribution in [0.1, 0.15) is 5.56 Å². The zero-order valence-corrected chi connectivity index (χ0v) is 11.4. The Hall–Kier alpha value is -2.69. The highest BCUT2D eigenvalue weighted by Crippen LogP contribution is 2.31. The molecule has 2 N–H and O–H groups in total. The van der Waals surface area contributed by atoms with Crippen LogP contribution in [-0.4, -0.2) is 23.4 Å². The molecule has 2 heterocycles. The maximum Gasteiger partial charge on any atom is 0.161 e. The van der Waals surface area contributed by atoms with Crippen molar-refractivity contribution in [3.63, 3.8) is 0 Å². The van der Waals surface area contributed by atoms with Crippen molar-refractivity contribution in [2.75, 3.05) is 18.5 Å². The molecule has 0 aliphatic carbocycles. The van der Waals surface area contributed by atoms with Gasteiger partial charge in [-0.05, 0) is 35.9 Å². The minimum Gasteiger partial charge on any atom is -0.486 e. The summed E-state index contributed by atoms with van der Waals surface area (Å²) in [5, 5.41) is 11.5. The molecule has 0 unspecified atom stereocenters. The van der Waals surface area contributed by atoms with E-state index in [0.29, 0.717) is 13.2 Å². The van der Waals surface area contributed by atoms with E-state index in [1.165, 1.54) is 0 Å². The second-order valence-corrected chi connectivity index (χ2v) is 5.00. The first-order valence-electron chi connectivity index (χ1n) is 6.94. The SMILES string of the molecule is c1cc2c(cc1CNc1ccc3[nH]ncc3c1)OCCO2. The normalized spacial score (nSPS) is 13.3. The zero-order valence-electron chi connectivity index (χ0n) is 11.4. The largest absolute Gasteiger partial charge is 0.486 e. The summed E-state index contributed by atoms with van der Waals surface area (Å²) in [6.45, 7) is 1.97. The van der Waals surface area contributed by atoms with Crippen LogP contribution in [-0.2, 0) is 6.54 Å². The molecular weight excluding hydrogens is 266 g/mol. The average molecular weight is 281 g/mol. The molecule has 0 saturated heterocycles. The van der Waals surface area contributed by atoms with Gasteiger partial charge in [0.2, 0.25) is 0 Å². The molecule has 2 aromatic carbocycles. The number of nitrogens with one attached hydrogen (secondary N) is 2. The Morgan fingerprint density at radius 1 is 1.05 bits per heavy atom. The molecule has 0 bridgehead atoms. The van der Waals surface area contributed by atoms with E-state index in [4.69, 9.17) is 9.47 Å². The third kappa shape index (κ3) is 2.38. The first-order valence-corrected chi connectivity index (χ1v) is 6.94. The number of H-pyrrole nitrogens is 1. The van der Waals surface area contributed by atoms with E-state index < -0.39 is 0 Å². The molecule has 1 aliphatic heterocycles. The average Bonchev–Trinajstić information content (AvgIpc) is 3.00. The number of hydrogen-bond donors (Lipinski definition) is 2. The van der Waals surface area contributed by atoms with Gasteiger partial charge < -0.3 is 14.8 Å². The molecule has 3 aromatic rings. The maximum atomic E-state index is 5.60. The number of rotatable bonds is 3. The highest BCUT2D eigenvalue weighted by molar-refractivity contribution is 5.81. The van der Waals surface area contributed by atoms with Crippen LogP contribution in [0, 0.1) is 0 Å². The summed E-state index contributed by atoms with van der Waals surface area (Å²) in [4.78, 5) is 0. The Labute approximate surface area is 121 Å². The number of aromatic amines is 1. The van der Waals surface area contributed by atoms with E-state index >= 15 is 0 Å². The lowest BCUT2D eigenvalue weighted by Gasteiger charge is -2.19. The molecule has 1 aromatic heterocycles. The number of benzene rings is 2. The van der Waals surface area contributed by atoms with Crippen LogP contribution in [0.5, 0.6) is 11.5 Å². The predicted octanol–water partition coefficient (Wildman–Crippen LogP) is 2.95. The highest BCUT2D eigenvalue weighted by atomic mass is 16.6. The molecular formula is C16H15N3O2. The van der Waals surface area contributed by atoms with E-state index in [9.17, 15) is 0 Å². The Morgan fingerprint density at radius 3 is 2.90 bits per heavy atom. The monoisotopic (exact) mass is 281 g/mol. The van der Waals surface area contributed by atoms with Gasteiger partial charge in [-0.15, -0.1) is 0 Å². The number of hydrogen-bond acceptors (Lipinski definition) is 4. The molecule has 5 nitrogen and oxygen atoms in total. The van der Waals surface area contributed by atoms with Crippen LogP contribution in [0.25, 0.3) is 10.9 Å². The number of anilines is 1. The van der Waals surface area contributed by atoms with Gasteiger partial charge in [0.25, 0.3) is 0 Å². The molecule has 0 atom stereocenters. The van der Waals surface area contributed by atoms with Crippen molar-refractivity contribution in [3.05, 3.63) is 48.2 Å². The van der Waals surface area contributed by atoms with Crippen LogP contribution in [0.15, 0.2) is 42.6 Å². The van der Waals surface area contributed by atoms with Crippen LogP contribution < -0.4 is 14.8 Å². The third-order valence-corrected chi connectivity index (χ3v) is 3.54. The first kappa shape index (κ1) is 12.1. The summed E-state index contributed by atoms with van der Waals surface area (Å²) in [6, 6.07) is 12.2. The van der Waals surface area contributed by atoms with E-state index in [-0.39, 0.29) is 0 Å². The summed E-state index contributed by atoms with van der Waals surface area (Å²) < 4.78 is 11.1. The predicted molar refractivity (Wildman–Crippen MR) is 80.9 cm³/mol. The zero-order chi connectivity index (χ0) is 14.1. The van der Waals surface area contributed by atoms with Crippen molar-refractivity contribution in [2.24, 2.45) is 0 Å². The maximum absolute atomic E-state index is 5.60. The Balaban J connectivity index is 1.50. The van der Waals surface area contributed by atoms with E-state index in [2.05, 4.69) is 27.6 Å². The summed E-state index contributed by atoms with van der Waals surface area (Å²) in [5.74, 6) is 1.65. The summed E-state index contributed by atoms with van der Waals surface area (Å²) in [5.41, 5.74) is 3.27. The molecule has 0 fully saturated rings. The van der Waals surface area contributed by atoms with E-state index in [1.54, 1.807) is 0 Å². The lowest BCUT2D eigenvalue weighted by atomic mass is 10.2. The van der Waals surface area contributed by atoms with Gasteiger partial charge in [0.15, 0.2) is 11.5 Å². The Morgan fingerprint density at radius 2 is 1.95 bits per heavy atom. The molecule has 5 heteroatoms. The third-order valence-electron chi connectivity index (χ3n) is 3.54. The van der Waals surface area contributed by atoms with Gasteiger partial charge in [0.1, 0.15) is 13.2 Å². The minimum absolute atomic E-state index is 0.612. The standard InChI is InChI=1S/C16H15N3O2/c1-4-15-16(21-6-5-20-15)7-11(1)9-17-13-2-3-14-12(8-13)10-18-19-14/h1-4,7-8,10,17H,5-6,9H2,(H,18,19). The number of fused-ring (bicyclic) bond motifs is 2.